The molecule has 0 aromatic heterocycles. The van der Waals surface area contributed by atoms with E-state index in [2.05, 4.69) is 5.32 Å². The van der Waals surface area contributed by atoms with Crippen molar-refractivity contribution >= 4 is 17.6 Å². The number of nitrogens with zero attached hydrogens (tertiary/aromatic N) is 2. The predicted octanol–water partition coefficient (Wildman–Crippen LogP) is 1.97. The summed E-state index contributed by atoms with van der Waals surface area (Å²) in [5.74, 6) is -0.411. The summed E-state index contributed by atoms with van der Waals surface area (Å²) >= 11 is 0. The van der Waals surface area contributed by atoms with E-state index in [0.717, 1.165) is 22.4 Å². The lowest BCUT2D eigenvalue weighted by molar-refractivity contribution is -0.148. The van der Waals surface area contributed by atoms with Crippen LogP contribution in [0.25, 0.3) is 0 Å². The molecule has 1 aliphatic rings. The third kappa shape index (κ3) is 4.70. The Hall–Kier alpha value is -2.86. The number of hydrogen-bond acceptors (Lipinski definition) is 5. The molecule has 0 bridgehead atoms. The van der Waals surface area contributed by atoms with Crippen LogP contribution in [0, 0.1) is 0 Å². The molecule has 0 saturated carbocycles. The van der Waals surface area contributed by atoms with Crippen molar-refractivity contribution in [3.05, 3.63) is 65.2 Å². The van der Waals surface area contributed by atoms with Gasteiger partial charge in [-0.05, 0) is 35.2 Å². The van der Waals surface area contributed by atoms with E-state index in [9.17, 15) is 9.59 Å². The van der Waals surface area contributed by atoms with Gasteiger partial charge < -0.3 is 15.0 Å². The summed E-state index contributed by atoms with van der Waals surface area (Å²) in [5.41, 5.74) is 4.43. The highest BCUT2D eigenvalue weighted by Crippen LogP contribution is 2.23. The first-order valence-electron chi connectivity index (χ1n) is 9.39. The first-order valence-corrected chi connectivity index (χ1v) is 9.39. The third-order valence-corrected chi connectivity index (χ3v) is 5.11. The summed E-state index contributed by atoms with van der Waals surface area (Å²) < 4.78 is 4.96. The Kier molecular flexibility index (Phi) is 6.31. The topological polar surface area (TPSA) is 61.9 Å². The lowest BCUT2D eigenvalue weighted by Crippen LogP contribution is -2.49. The molecule has 1 heterocycles. The maximum Gasteiger partial charge on any atom is 0.323 e. The zero-order valence-electron chi connectivity index (χ0n) is 16.6. The SMILES string of the molecule is COC(=O)[C@H]1Cc2ccccc2CN1CC(=O)NCc1ccc(N(C)C)cc1. The molecule has 2 aromatic rings. The summed E-state index contributed by atoms with van der Waals surface area (Å²) in [6.45, 7) is 1.17. The highest BCUT2D eigenvalue weighted by atomic mass is 16.5. The van der Waals surface area contributed by atoms with Gasteiger partial charge in [-0.1, -0.05) is 36.4 Å². The Morgan fingerprint density at radius 2 is 1.79 bits per heavy atom. The van der Waals surface area contributed by atoms with Gasteiger partial charge in [-0.2, -0.15) is 0 Å². The zero-order chi connectivity index (χ0) is 20.1. The maximum atomic E-state index is 12.5. The van der Waals surface area contributed by atoms with Crippen molar-refractivity contribution in [2.24, 2.45) is 0 Å². The van der Waals surface area contributed by atoms with E-state index in [1.54, 1.807) is 0 Å². The van der Waals surface area contributed by atoms with Crippen LogP contribution in [0.2, 0.25) is 0 Å². The van der Waals surface area contributed by atoms with Gasteiger partial charge in [0.1, 0.15) is 6.04 Å². The quantitative estimate of drug-likeness (QED) is 0.776. The number of nitrogens with one attached hydrogen (secondary N) is 1. The van der Waals surface area contributed by atoms with E-state index in [4.69, 9.17) is 4.74 Å². The van der Waals surface area contributed by atoms with Crippen molar-refractivity contribution in [1.82, 2.24) is 10.2 Å². The fourth-order valence-electron chi connectivity index (χ4n) is 3.46. The van der Waals surface area contributed by atoms with Gasteiger partial charge in [-0.15, -0.1) is 0 Å². The van der Waals surface area contributed by atoms with Crippen LogP contribution >= 0.6 is 0 Å². The number of anilines is 1. The monoisotopic (exact) mass is 381 g/mol. The number of rotatable bonds is 6. The Balaban J connectivity index is 1.62. The molecule has 1 amide bonds. The molecule has 28 heavy (non-hydrogen) atoms. The van der Waals surface area contributed by atoms with Crippen molar-refractivity contribution in [2.45, 2.75) is 25.6 Å². The second-order valence-electron chi connectivity index (χ2n) is 7.25. The maximum absolute atomic E-state index is 12.5. The van der Waals surface area contributed by atoms with Crippen LogP contribution in [0.15, 0.2) is 48.5 Å². The molecule has 6 nitrogen and oxygen atoms in total. The molecule has 1 aliphatic heterocycles. The summed E-state index contributed by atoms with van der Waals surface area (Å²) in [7, 11) is 5.37. The molecule has 0 unspecified atom stereocenters. The molecule has 2 aromatic carbocycles. The second-order valence-corrected chi connectivity index (χ2v) is 7.25. The number of fused-ring (bicyclic) bond motifs is 1. The highest BCUT2D eigenvalue weighted by molar-refractivity contribution is 5.81. The van der Waals surface area contributed by atoms with Crippen LogP contribution in [0.5, 0.6) is 0 Å². The Labute approximate surface area is 166 Å². The van der Waals surface area contributed by atoms with E-state index < -0.39 is 6.04 Å². The number of benzene rings is 2. The van der Waals surface area contributed by atoms with Gasteiger partial charge in [0.2, 0.25) is 5.91 Å². The summed E-state index contributed by atoms with van der Waals surface area (Å²) in [6, 6.07) is 15.6. The Bertz CT molecular complexity index is 833. The van der Waals surface area contributed by atoms with Gasteiger partial charge in [0.25, 0.3) is 0 Å². The highest BCUT2D eigenvalue weighted by Gasteiger charge is 2.33. The van der Waals surface area contributed by atoms with E-state index in [-0.39, 0.29) is 18.4 Å². The number of ether oxygens (including phenoxy) is 1. The molecule has 6 heteroatoms. The summed E-state index contributed by atoms with van der Waals surface area (Å²) in [5, 5.41) is 2.95. The fraction of sp³-hybridized carbons (Fsp3) is 0.364. The Morgan fingerprint density at radius 1 is 1.11 bits per heavy atom. The minimum Gasteiger partial charge on any atom is -0.468 e. The lowest BCUT2D eigenvalue weighted by atomic mass is 9.94. The van der Waals surface area contributed by atoms with Gasteiger partial charge in [0.05, 0.1) is 13.7 Å². The van der Waals surface area contributed by atoms with Crippen LogP contribution in [0.3, 0.4) is 0 Å². The number of hydrogen-bond donors (Lipinski definition) is 1. The van der Waals surface area contributed by atoms with E-state index >= 15 is 0 Å². The van der Waals surface area contributed by atoms with Gasteiger partial charge in [-0.25, -0.2) is 0 Å². The van der Waals surface area contributed by atoms with E-state index in [1.807, 2.05) is 72.4 Å². The molecule has 148 valence electrons. The number of carbonyl (C=O) groups is 2. The summed E-state index contributed by atoms with van der Waals surface area (Å²) in [6.07, 6.45) is 0.558. The molecular weight excluding hydrogens is 354 g/mol. The fourth-order valence-corrected chi connectivity index (χ4v) is 3.46. The van der Waals surface area contributed by atoms with E-state index in [0.29, 0.717) is 19.5 Å². The molecule has 1 N–H and O–H groups in total. The average molecular weight is 381 g/mol. The Morgan fingerprint density at radius 3 is 2.43 bits per heavy atom. The average Bonchev–Trinajstić information content (AvgIpc) is 2.71. The van der Waals surface area contributed by atoms with Crippen molar-refractivity contribution in [2.75, 3.05) is 32.6 Å². The predicted molar refractivity (Wildman–Crippen MR) is 109 cm³/mol. The van der Waals surface area contributed by atoms with Gasteiger partial charge >= 0.3 is 5.97 Å². The zero-order valence-corrected chi connectivity index (χ0v) is 16.6. The largest absolute Gasteiger partial charge is 0.468 e. The number of methoxy groups -OCH3 is 1. The van der Waals surface area contributed by atoms with Crippen molar-refractivity contribution < 1.29 is 14.3 Å². The number of esters is 1. The number of carbonyl (C=O) groups excluding carboxylic acids is 2. The molecule has 1 atom stereocenters. The second kappa shape index (κ2) is 8.89. The first kappa shape index (κ1) is 19.9. The van der Waals surface area contributed by atoms with Gasteiger partial charge in [0, 0.05) is 32.9 Å². The number of amides is 1. The molecular formula is C22H27N3O3. The van der Waals surface area contributed by atoms with Crippen LogP contribution in [-0.4, -0.2) is 50.6 Å². The van der Waals surface area contributed by atoms with Crippen LogP contribution < -0.4 is 10.2 Å². The van der Waals surface area contributed by atoms with Crippen LogP contribution in [-0.2, 0) is 33.8 Å². The van der Waals surface area contributed by atoms with Gasteiger partial charge in [0.15, 0.2) is 0 Å². The van der Waals surface area contributed by atoms with Gasteiger partial charge in [-0.3, -0.25) is 14.5 Å². The molecule has 0 saturated heterocycles. The smallest absolute Gasteiger partial charge is 0.323 e. The molecule has 0 fully saturated rings. The third-order valence-electron chi connectivity index (χ3n) is 5.11. The minimum absolute atomic E-state index is 0.107. The molecule has 3 rings (SSSR count). The molecule has 0 spiro atoms. The first-order chi connectivity index (χ1) is 13.5. The standard InChI is InChI=1S/C22H27N3O3/c1-24(2)19-10-8-16(9-11-19)13-23-21(26)15-25-14-18-7-5-4-6-17(18)12-20(25)22(27)28-3/h4-11,20H,12-15H2,1-3H3,(H,23,26)/t20-/m1/s1. The van der Waals surface area contributed by atoms with Crippen molar-refractivity contribution in [1.29, 1.82) is 0 Å². The summed E-state index contributed by atoms with van der Waals surface area (Å²) in [4.78, 5) is 28.7. The van der Waals surface area contributed by atoms with E-state index in [1.165, 1.54) is 7.11 Å². The minimum atomic E-state index is -0.440. The van der Waals surface area contributed by atoms with Crippen LogP contribution in [0.4, 0.5) is 5.69 Å². The normalized spacial score (nSPS) is 16.2. The van der Waals surface area contributed by atoms with Crippen molar-refractivity contribution in [3.63, 3.8) is 0 Å². The van der Waals surface area contributed by atoms with Crippen molar-refractivity contribution in [3.8, 4) is 0 Å². The lowest BCUT2D eigenvalue weighted by Gasteiger charge is -2.34. The molecule has 0 radical (unpaired) electrons. The van der Waals surface area contributed by atoms with Crippen LogP contribution in [0.1, 0.15) is 16.7 Å². The molecule has 0 aliphatic carbocycles.